The molecule has 0 aromatic carbocycles. The van der Waals surface area contributed by atoms with E-state index in [9.17, 15) is 0 Å². The minimum absolute atomic E-state index is 0.0656. The molecule has 0 aromatic heterocycles. The fourth-order valence-electron chi connectivity index (χ4n) is 1.35. The van der Waals surface area contributed by atoms with Gasteiger partial charge in [0.2, 0.25) is 0 Å². The highest BCUT2D eigenvalue weighted by Crippen LogP contribution is 2.06. The Balaban J connectivity index is 3.01. The Morgan fingerprint density at radius 3 is 2.43 bits per heavy atom. The van der Waals surface area contributed by atoms with Crippen LogP contribution in [0.1, 0.15) is 58.8 Å². The van der Waals surface area contributed by atoms with Gasteiger partial charge in [0.05, 0.1) is 6.17 Å². The first-order valence-electron chi connectivity index (χ1n) is 5.94. The smallest absolute Gasteiger partial charge is 0.0709 e. The van der Waals surface area contributed by atoms with Crippen LogP contribution in [-0.2, 0) is 0 Å². The van der Waals surface area contributed by atoms with E-state index in [0.29, 0.717) is 0 Å². The second-order valence-electron chi connectivity index (χ2n) is 3.91. The summed E-state index contributed by atoms with van der Waals surface area (Å²) in [5.74, 6) is 0. The molecular weight excluding hydrogens is 172 g/mol. The third-order valence-electron chi connectivity index (χ3n) is 2.20. The van der Waals surface area contributed by atoms with Crippen LogP contribution in [0.25, 0.3) is 0 Å². The second-order valence-corrected chi connectivity index (χ2v) is 3.91. The van der Waals surface area contributed by atoms with Gasteiger partial charge in [-0.1, -0.05) is 45.1 Å². The molecule has 14 heavy (non-hydrogen) atoms. The molecular formula is C12H26N2. The van der Waals surface area contributed by atoms with Crippen molar-refractivity contribution < 1.29 is 0 Å². The zero-order valence-electron chi connectivity index (χ0n) is 9.76. The number of allylic oxidation sites excluding steroid dienone is 1. The topological polar surface area (TPSA) is 38.0 Å². The Morgan fingerprint density at radius 2 is 1.79 bits per heavy atom. The molecule has 0 fully saturated rings. The molecule has 0 radical (unpaired) electrons. The summed E-state index contributed by atoms with van der Waals surface area (Å²) in [5.41, 5.74) is 5.53. The summed E-state index contributed by atoms with van der Waals surface area (Å²) in [6.07, 6.45) is 13.6. The molecule has 84 valence electrons. The van der Waals surface area contributed by atoms with Gasteiger partial charge in [0.25, 0.3) is 0 Å². The average Bonchev–Trinajstić information content (AvgIpc) is 2.15. The largest absolute Gasteiger partial charge is 0.376 e. The van der Waals surface area contributed by atoms with Crippen molar-refractivity contribution in [3.05, 3.63) is 12.3 Å². The summed E-state index contributed by atoms with van der Waals surface area (Å²) in [6, 6.07) is 0. The molecule has 0 aromatic rings. The van der Waals surface area contributed by atoms with Crippen molar-refractivity contribution in [1.29, 1.82) is 0 Å². The Hall–Kier alpha value is -0.500. The highest BCUT2D eigenvalue weighted by Gasteiger charge is 1.88. The van der Waals surface area contributed by atoms with E-state index in [1.807, 2.05) is 13.1 Å². The van der Waals surface area contributed by atoms with Crippen LogP contribution >= 0.6 is 0 Å². The molecule has 0 aliphatic carbocycles. The van der Waals surface area contributed by atoms with Crippen molar-refractivity contribution in [2.24, 2.45) is 5.73 Å². The standard InChI is InChI=1S/C12H26N2/c1-3-4-5-6-7-8-9-10-11-14-12(2)13/h10-12,14H,3-9,13H2,1-2H3. The van der Waals surface area contributed by atoms with Crippen LogP contribution < -0.4 is 11.1 Å². The summed E-state index contributed by atoms with van der Waals surface area (Å²) >= 11 is 0. The minimum Gasteiger partial charge on any atom is -0.376 e. The zero-order chi connectivity index (χ0) is 10.6. The number of hydrogen-bond acceptors (Lipinski definition) is 2. The van der Waals surface area contributed by atoms with E-state index in [-0.39, 0.29) is 6.17 Å². The van der Waals surface area contributed by atoms with E-state index in [1.165, 1.54) is 44.9 Å². The highest BCUT2D eigenvalue weighted by atomic mass is 15.0. The van der Waals surface area contributed by atoms with Crippen molar-refractivity contribution in [3.63, 3.8) is 0 Å². The van der Waals surface area contributed by atoms with E-state index in [2.05, 4.69) is 18.3 Å². The molecule has 0 spiro atoms. The molecule has 0 amide bonds. The predicted molar refractivity (Wildman–Crippen MR) is 63.9 cm³/mol. The molecule has 2 heteroatoms. The van der Waals surface area contributed by atoms with Crippen LogP contribution in [0, 0.1) is 0 Å². The van der Waals surface area contributed by atoms with Crippen LogP contribution in [-0.4, -0.2) is 6.17 Å². The molecule has 0 heterocycles. The summed E-state index contributed by atoms with van der Waals surface area (Å²) < 4.78 is 0. The van der Waals surface area contributed by atoms with Crippen molar-refractivity contribution >= 4 is 0 Å². The maximum absolute atomic E-state index is 5.53. The number of unbranched alkanes of at least 4 members (excludes halogenated alkanes) is 6. The SMILES string of the molecule is CCCCCCCCC=CNC(C)N. The van der Waals surface area contributed by atoms with Gasteiger partial charge in [0, 0.05) is 0 Å². The van der Waals surface area contributed by atoms with E-state index < -0.39 is 0 Å². The van der Waals surface area contributed by atoms with Crippen molar-refractivity contribution in [2.45, 2.75) is 65.0 Å². The Kier molecular flexibility index (Phi) is 10.2. The lowest BCUT2D eigenvalue weighted by Gasteiger charge is -2.02. The van der Waals surface area contributed by atoms with Gasteiger partial charge in [-0.2, -0.15) is 0 Å². The Morgan fingerprint density at radius 1 is 1.14 bits per heavy atom. The monoisotopic (exact) mass is 198 g/mol. The number of rotatable bonds is 9. The lowest BCUT2D eigenvalue weighted by molar-refractivity contribution is 0.609. The molecule has 1 atom stereocenters. The van der Waals surface area contributed by atoms with Crippen molar-refractivity contribution in [2.75, 3.05) is 0 Å². The van der Waals surface area contributed by atoms with Crippen LogP contribution in [0.5, 0.6) is 0 Å². The maximum Gasteiger partial charge on any atom is 0.0709 e. The Labute approximate surface area is 89.0 Å². The molecule has 2 nitrogen and oxygen atoms in total. The summed E-state index contributed by atoms with van der Waals surface area (Å²) in [5, 5.41) is 3.05. The fraction of sp³-hybridized carbons (Fsp3) is 0.833. The van der Waals surface area contributed by atoms with E-state index in [1.54, 1.807) is 0 Å². The fourth-order valence-corrected chi connectivity index (χ4v) is 1.35. The normalized spacial score (nSPS) is 13.4. The van der Waals surface area contributed by atoms with Crippen molar-refractivity contribution in [3.8, 4) is 0 Å². The number of hydrogen-bond donors (Lipinski definition) is 2. The van der Waals surface area contributed by atoms with Crippen LogP contribution in [0.2, 0.25) is 0 Å². The van der Waals surface area contributed by atoms with Gasteiger partial charge in [-0.05, 0) is 26.0 Å². The lowest BCUT2D eigenvalue weighted by atomic mass is 10.1. The van der Waals surface area contributed by atoms with Gasteiger partial charge >= 0.3 is 0 Å². The van der Waals surface area contributed by atoms with Gasteiger partial charge < -0.3 is 11.1 Å². The Bertz CT molecular complexity index is 130. The molecule has 0 aliphatic heterocycles. The van der Waals surface area contributed by atoms with E-state index in [4.69, 9.17) is 5.73 Å². The third-order valence-corrected chi connectivity index (χ3v) is 2.20. The summed E-state index contributed by atoms with van der Waals surface area (Å²) in [4.78, 5) is 0. The summed E-state index contributed by atoms with van der Waals surface area (Å²) in [7, 11) is 0. The van der Waals surface area contributed by atoms with Crippen LogP contribution in [0.4, 0.5) is 0 Å². The van der Waals surface area contributed by atoms with Crippen molar-refractivity contribution in [1.82, 2.24) is 5.32 Å². The minimum atomic E-state index is 0.0656. The molecule has 0 aliphatic rings. The first kappa shape index (κ1) is 13.5. The first-order valence-corrected chi connectivity index (χ1v) is 5.94. The van der Waals surface area contributed by atoms with E-state index in [0.717, 1.165) is 0 Å². The van der Waals surface area contributed by atoms with Gasteiger partial charge in [0.1, 0.15) is 0 Å². The second kappa shape index (κ2) is 10.6. The molecule has 3 N–H and O–H groups in total. The molecule has 0 bridgehead atoms. The van der Waals surface area contributed by atoms with E-state index >= 15 is 0 Å². The molecule has 1 unspecified atom stereocenters. The quantitative estimate of drug-likeness (QED) is 0.441. The number of nitrogens with one attached hydrogen (secondary N) is 1. The van der Waals surface area contributed by atoms with Gasteiger partial charge in [-0.3, -0.25) is 0 Å². The highest BCUT2D eigenvalue weighted by molar-refractivity contribution is 4.80. The van der Waals surface area contributed by atoms with Gasteiger partial charge in [0.15, 0.2) is 0 Å². The average molecular weight is 198 g/mol. The lowest BCUT2D eigenvalue weighted by Crippen LogP contribution is -2.29. The first-order chi connectivity index (χ1) is 6.77. The molecule has 0 saturated carbocycles. The van der Waals surface area contributed by atoms with Crippen LogP contribution in [0.3, 0.4) is 0 Å². The third kappa shape index (κ3) is 11.5. The molecule has 0 rings (SSSR count). The van der Waals surface area contributed by atoms with Crippen LogP contribution in [0.15, 0.2) is 12.3 Å². The predicted octanol–water partition coefficient (Wildman–Crippen LogP) is 3.15. The zero-order valence-corrected chi connectivity index (χ0v) is 9.76. The molecule has 0 saturated heterocycles. The summed E-state index contributed by atoms with van der Waals surface area (Å²) in [6.45, 7) is 4.19. The number of nitrogens with two attached hydrogens (primary N) is 1. The van der Waals surface area contributed by atoms with Gasteiger partial charge in [-0.25, -0.2) is 0 Å². The van der Waals surface area contributed by atoms with Gasteiger partial charge in [-0.15, -0.1) is 0 Å². The maximum atomic E-state index is 5.53.